The first-order valence-corrected chi connectivity index (χ1v) is 11.4. The smallest absolute Gasteiger partial charge is 0.306 e. The molecule has 0 aromatic rings. The molecule has 4 heteroatoms. The Labute approximate surface area is 165 Å². The van der Waals surface area contributed by atoms with Crippen LogP contribution in [0.25, 0.3) is 0 Å². The van der Waals surface area contributed by atoms with E-state index in [1.807, 2.05) is 6.08 Å². The van der Waals surface area contributed by atoms with Crippen molar-refractivity contribution in [2.24, 2.45) is 52.3 Å². The molecular formula is C24H29FO3. The van der Waals surface area contributed by atoms with E-state index in [9.17, 15) is 9.59 Å². The van der Waals surface area contributed by atoms with Crippen LogP contribution in [-0.4, -0.2) is 23.5 Å². The lowest BCUT2D eigenvalue weighted by Crippen LogP contribution is -2.61. The number of carbonyl (C=O) groups excluding carboxylic acids is 2. The van der Waals surface area contributed by atoms with Crippen LogP contribution in [0.1, 0.15) is 58.8 Å². The standard InChI is InChI=1S/C24H29FO3/c1-22-5-3-11(26)7-15(22)12-8-13(12)19-20-14-9-16(14)24(6-4-18(27)28-24)23(20,2)10-17(25)21(19)22/h7,12-14,16-17,19-21H,3-6,8-10H2,1-2H3/t12-,13+,14+,16-,17-,19?,20?,21?,22-,23-,24-/m0/s1. The molecule has 5 saturated carbocycles. The van der Waals surface area contributed by atoms with Crippen molar-refractivity contribution in [1.29, 1.82) is 0 Å². The molecule has 1 heterocycles. The summed E-state index contributed by atoms with van der Waals surface area (Å²) in [4.78, 5) is 24.3. The van der Waals surface area contributed by atoms with Crippen LogP contribution in [-0.2, 0) is 14.3 Å². The number of allylic oxidation sites excluding steroid dienone is 1. The number of esters is 1. The van der Waals surface area contributed by atoms with Crippen molar-refractivity contribution in [3.63, 3.8) is 0 Å². The van der Waals surface area contributed by atoms with E-state index in [0.717, 1.165) is 19.3 Å². The summed E-state index contributed by atoms with van der Waals surface area (Å²) in [6, 6.07) is 0. The Balaban J connectivity index is 1.36. The molecule has 6 fully saturated rings. The fraction of sp³-hybridized carbons (Fsp3) is 0.833. The summed E-state index contributed by atoms with van der Waals surface area (Å²) < 4.78 is 22.2. The fourth-order valence-corrected chi connectivity index (χ4v) is 9.78. The molecule has 150 valence electrons. The largest absolute Gasteiger partial charge is 0.458 e. The van der Waals surface area contributed by atoms with Gasteiger partial charge in [-0.1, -0.05) is 19.4 Å². The second-order valence-electron chi connectivity index (χ2n) is 11.6. The average molecular weight is 384 g/mol. The zero-order valence-corrected chi connectivity index (χ0v) is 16.7. The molecule has 1 aliphatic heterocycles. The van der Waals surface area contributed by atoms with Gasteiger partial charge in [-0.25, -0.2) is 4.39 Å². The summed E-state index contributed by atoms with van der Waals surface area (Å²) in [6.45, 7) is 4.53. The Kier molecular flexibility index (Phi) is 2.72. The van der Waals surface area contributed by atoms with Gasteiger partial charge in [-0.2, -0.15) is 0 Å². The summed E-state index contributed by atoms with van der Waals surface area (Å²) >= 11 is 0. The second kappa shape index (κ2) is 4.59. The van der Waals surface area contributed by atoms with Crippen molar-refractivity contribution in [1.82, 2.24) is 0 Å². The van der Waals surface area contributed by atoms with Gasteiger partial charge in [-0.15, -0.1) is 0 Å². The summed E-state index contributed by atoms with van der Waals surface area (Å²) in [5.41, 5.74) is 0.540. The van der Waals surface area contributed by atoms with E-state index < -0.39 is 11.8 Å². The van der Waals surface area contributed by atoms with Crippen molar-refractivity contribution in [2.75, 3.05) is 0 Å². The average Bonchev–Trinajstić information content (AvgIpc) is 3.53. The Morgan fingerprint density at radius 2 is 1.89 bits per heavy atom. The number of fused-ring (bicyclic) bond motifs is 12. The normalized spacial score (nSPS) is 62.9. The Morgan fingerprint density at radius 1 is 1.07 bits per heavy atom. The molecule has 3 nitrogen and oxygen atoms in total. The lowest BCUT2D eigenvalue weighted by atomic mass is 9.44. The highest BCUT2D eigenvalue weighted by molar-refractivity contribution is 5.92. The highest BCUT2D eigenvalue weighted by atomic mass is 19.1. The third kappa shape index (κ3) is 1.60. The molecule has 28 heavy (non-hydrogen) atoms. The highest BCUT2D eigenvalue weighted by Gasteiger charge is 2.82. The molecule has 7 aliphatic rings. The van der Waals surface area contributed by atoms with E-state index in [4.69, 9.17) is 4.74 Å². The number of halogens is 1. The van der Waals surface area contributed by atoms with Gasteiger partial charge in [-0.3, -0.25) is 9.59 Å². The maximum absolute atomic E-state index is 16.1. The van der Waals surface area contributed by atoms with Gasteiger partial charge in [0.1, 0.15) is 11.8 Å². The van der Waals surface area contributed by atoms with Crippen molar-refractivity contribution in [3.8, 4) is 0 Å². The minimum atomic E-state index is -0.858. The van der Waals surface area contributed by atoms with Gasteiger partial charge in [0, 0.05) is 30.1 Å². The lowest BCUT2D eigenvalue weighted by Gasteiger charge is -2.61. The van der Waals surface area contributed by atoms with Crippen LogP contribution < -0.4 is 0 Å². The Bertz CT molecular complexity index is 864. The number of hydrogen-bond acceptors (Lipinski definition) is 3. The second-order valence-corrected chi connectivity index (χ2v) is 11.6. The van der Waals surface area contributed by atoms with Crippen LogP contribution in [0.3, 0.4) is 0 Å². The monoisotopic (exact) mass is 384 g/mol. The summed E-state index contributed by atoms with van der Waals surface area (Å²) in [5.74, 6) is 3.26. The first-order chi connectivity index (χ1) is 13.3. The Hall–Kier alpha value is -1.19. The predicted octanol–water partition coefficient (Wildman–Crippen LogP) is 4.25. The van der Waals surface area contributed by atoms with Gasteiger partial charge in [0.05, 0.1) is 0 Å². The van der Waals surface area contributed by atoms with Crippen molar-refractivity contribution in [2.45, 2.75) is 70.6 Å². The number of rotatable bonds is 0. The quantitative estimate of drug-likeness (QED) is 0.586. The van der Waals surface area contributed by atoms with Crippen LogP contribution in [0.2, 0.25) is 0 Å². The van der Waals surface area contributed by atoms with E-state index in [2.05, 4.69) is 13.8 Å². The van der Waals surface area contributed by atoms with Gasteiger partial charge < -0.3 is 4.74 Å². The molecular weight excluding hydrogens is 355 g/mol. The molecule has 6 aliphatic carbocycles. The van der Waals surface area contributed by atoms with Crippen LogP contribution in [0.4, 0.5) is 4.39 Å². The fourth-order valence-electron chi connectivity index (χ4n) is 9.78. The van der Waals surface area contributed by atoms with Gasteiger partial charge in [0.25, 0.3) is 0 Å². The molecule has 0 radical (unpaired) electrons. The lowest BCUT2D eigenvalue weighted by molar-refractivity contribution is -0.188. The number of ketones is 1. The zero-order chi connectivity index (χ0) is 19.2. The van der Waals surface area contributed by atoms with Crippen LogP contribution in [0.5, 0.6) is 0 Å². The molecule has 7 rings (SSSR count). The topological polar surface area (TPSA) is 43.4 Å². The zero-order valence-electron chi connectivity index (χ0n) is 16.7. The predicted molar refractivity (Wildman–Crippen MR) is 99.8 cm³/mol. The molecule has 1 saturated heterocycles. The maximum atomic E-state index is 16.1. The number of alkyl halides is 1. The number of carbonyl (C=O) groups is 2. The first-order valence-electron chi connectivity index (χ1n) is 11.4. The van der Waals surface area contributed by atoms with E-state index in [1.54, 1.807) is 0 Å². The first kappa shape index (κ1) is 16.6. The molecule has 0 bridgehead atoms. The summed E-state index contributed by atoms with van der Waals surface area (Å²) in [7, 11) is 0. The Morgan fingerprint density at radius 3 is 2.64 bits per heavy atom. The maximum Gasteiger partial charge on any atom is 0.306 e. The molecule has 0 amide bonds. The summed E-state index contributed by atoms with van der Waals surface area (Å²) in [5, 5.41) is 0. The molecule has 0 N–H and O–H groups in total. The van der Waals surface area contributed by atoms with Gasteiger partial charge in [-0.05, 0) is 73.2 Å². The minimum Gasteiger partial charge on any atom is -0.458 e. The molecule has 3 unspecified atom stereocenters. The number of ether oxygens (including phenoxy) is 1. The van der Waals surface area contributed by atoms with E-state index in [0.29, 0.717) is 54.8 Å². The van der Waals surface area contributed by atoms with E-state index in [-0.39, 0.29) is 28.5 Å². The SMILES string of the molecule is C[C@]12CCC(=O)C=C1[C@H]1C[C@H]1C1C2[C@@H](F)C[C@@]2(C)C1[C@@H]1C[C@@H]1[C@@]21CCC(=O)O1. The highest BCUT2D eigenvalue weighted by Crippen LogP contribution is 2.82. The van der Waals surface area contributed by atoms with Gasteiger partial charge >= 0.3 is 5.97 Å². The molecule has 0 aromatic heterocycles. The molecule has 11 atom stereocenters. The number of hydrogen-bond donors (Lipinski definition) is 0. The van der Waals surface area contributed by atoms with Gasteiger partial charge in [0.2, 0.25) is 0 Å². The molecule has 0 aromatic carbocycles. The van der Waals surface area contributed by atoms with Crippen molar-refractivity contribution >= 4 is 11.8 Å². The van der Waals surface area contributed by atoms with Crippen molar-refractivity contribution in [3.05, 3.63) is 11.6 Å². The minimum absolute atomic E-state index is 0.0437. The third-order valence-electron chi connectivity index (χ3n) is 10.8. The van der Waals surface area contributed by atoms with E-state index in [1.165, 1.54) is 12.0 Å². The summed E-state index contributed by atoms with van der Waals surface area (Å²) in [6.07, 6.45) is 6.59. The van der Waals surface area contributed by atoms with Crippen LogP contribution in [0.15, 0.2) is 11.6 Å². The molecule has 1 spiro atoms. The van der Waals surface area contributed by atoms with Crippen molar-refractivity contribution < 1.29 is 18.7 Å². The van der Waals surface area contributed by atoms with Crippen LogP contribution in [0, 0.1) is 52.3 Å². The van der Waals surface area contributed by atoms with Gasteiger partial charge in [0.15, 0.2) is 5.78 Å². The third-order valence-corrected chi connectivity index (χ3v) is 10.8. The van der Waals surface area contributed by atoms with E-state index >= 15 is 4.39 Å². The van der Waals surface area contributed by atoms with Crippen LogP contribution >= 0.6 is 0 Å².